The predicted octanol–water partition coefficient (Wildman–Crippen LogP) is 6.45. The summed E-state index contributed by atoms with van der Waals surface area (Å²) in [6.07, 6.45) is -4.98. The van der Waals surface area contributed by atoms with Crippen LogP contribution in [0, 0.1) is 0 Å². The van der Waals surface area contributed by atoms with Crippen molar-refractivity contribution in [3.05, 3.63) is 86.2 Å². The largest absolute Gasteiger partial charge is 0.478 e. The van der Waals surface area contributed by atoms with E-state index in [-0.39, 0.29) is 36.8 Å². The number of fused-ring (bicyclic) bond motifs is 4. The number of benzene rings is 3. The second kappa shape index (κ2) is 9.00. The molecule has 6 rings (SSSR count). The molecule has 3 aromatic carbocycles. The normalized spacial score (nSPS) is 14.9. The molecule has 0 unspecified atom stereocenters. The summed E-state index contributed by atoms with van der Waals surface area (Å²) in [6, 6.07) is 14.8. The van der Waals surface area contributed by atoms with E-state index in [1.807, 2.05) is 17.0 Å². The molecular weight excluding hydrogens is 559 g/mol. The Morgan fingerprint density at radius 2 is 1.76 bits per heavy atom. The van der Waals surface area contributed by atoms with Crippen molar-refractivity contribution >= 4 is 26.9 Å². The van der Waals surface area contributed by atoms with E-state index in [0.29, 0.717) is 33.8 Å². The maximum atomic E-state index is 14.1. The van der Waals surface area contributed by atoms with E-state index in [4.69, 9.17) is 23.4 Å². The Morgan fingerprint density at radius 1 is 0.973 bits per heavy atom. The van der Waals surface area contributed by atoms with Crippen molar-refractivity contribution in [2.75, 3.05) is 13.5 Å². The fraction of sp³-hybridized carbons (Fsp3) is 0.192. The summed E-state index contributed by atoms with van der Waals surface area (Å²) < 4.78 is 70.0. The van der Waals surface area contributed by atoms with Crippen LogP contribution in [-0.2, 0) is 19.3 Å². The molecule has 2 aliphatic heterocycles. The highest BCUT2D eigenvalue weighted by atomic mass is 79.9. The van der Waals surface area contributed by atoms with Crippen molar-refractivity contribution in [1.82, 2.24) is 4.90 Å². The first-order valence-electron chi connectivity index (χ1n) is 11.1. The standard InChI is InChI=1S/C26H17BrF3NO6/c27-17-3-1-2-4-19(17)36-24-22(32)15-6-8-18-16(23(15)37-25(24)26(28,29)30)11-31(12-33-18)10-14-5-7-20-21(9-14)35-13-34-20/h1-9H,10-13H2. The van der Waals surface area contributed by atoms with Crippen LogP contribution in [0.15, 0.2) is 68.3 Å². The maximum absolute atomic E-state index is 14.1. The molecule has 11 heteroatoms. The number of hydrogen-bond donors (Lipinski definition) is 0. The minimum absolute atomic E-state index is 0.0395. The average Bonchev–Trinajstić information content (AvgIpc) is 3.34. The minimum Gasteiger partial charge on any atom is -0.478 e. The molecule has 0 saturated heterocycles. The second-order valence-corrected chi connectivity index (χ2v) is 9.34. The molecular formula is C26H17BrF3NO6. The summed E-state index contributed by atoms with van der Waals surface area (Å²) >= 11 is 3.23. The molecule has 0 saturated carbocycles. The fourth-order valence-corrected chi connectivity index (χ4v) is 4.68. The SMILES string of the molecule is O=c1c(Oc2ccccc2Br)c(C(F)(F)F)oc2c3c(ccc12)OCN(Cc1ccc2c(c1)OCO2)C3. The number of halogens is 4. The van der Waals surface area contributed by atoms with Crippen molar-refractivity contribution in [1.29, 1.82) is 0 Å². The molecule has 37 heavy (non-hydrogen) atoms. The third kappa shape index (κ3) is 4.38. The molecule has 0 aliphatic carbocycles. The van der Waals surface area contributed by atoms with Crippen LogP contribution in [0.2, 0.25) is 0 Å². The molecule has 3 heterocycles. The number of hydrogen-bond acceptors (Lipinski definition) is 7. The van der Waals surface area contributed by atoms with Gasteiger partial charge in [0.15, 0.2) is 11.5 Å². The van der Waals surface area contributed by atoms with Gasteiger partial charge < -0.3 is 23.4 Å². The van der Waals surface area contributed by atoms with Crippen LogP contribution in [0.25, 0.3) is 11.0 Å². The van der Waals surface area contributed by atoms with Crippen molar-refractivity contribution in [2.24, 2.45) is 0 Å². The van der Waals surface area contributed by atoms with Gasteiger partial charge in [0.1, 0.15) is 23.8 Å². The topological polar surface area (TPSA) is 70.4 Å². The first-order valence-corrected chi connectivity index (χ1v) is 11.9. The minimum atomic E-state index is -4.98. The molecule has 0 atom stereocenters. The molecule has 7 nitrogen and oxygen atoms in total. The van der Waals surface area contributed by atoms with Crippen LogP contribution in [0.4, 0.5) is 13.2 Å². The molecule has 0 amide bonds. The Labute approximate surface area is 216 Å². The lowest BCUT2D eigenvalue weighted by molar-refractivity contribution is -0.154. The van der Waals surface area contributed by atoms with Crippen molar-refractivity contribution < 1.29 is 36.5 Å². The lowest BCUT2D eigenvalue weighted by Crippen LogP contribution is -2.32. The fourth-order valence-electron chi connectivity index (χ4n) is 4.31. The zero-order valence-electron chi connectivity index (χ0n) is 18.9. The Morgan fingerprint density at radius 3 is 2.57 bits per heavy atom. The molecule has 190 valence electrons. The Hall–Kier alpha value is -3.70. The van der Waals surface area contributed by atoms with Gasteiger partial charge in [0.05, 0.1) is 15.4 Å². The molecule has 0 N–H and O–H groups in total. The summed E-state index contributed by atoms with van der Waals surface area (Å²) in [6.45, 7) is 0.975. The Kier molecular flexibility index (Phi) is 5.76. The van der Waals surface area contributed by atoms with E-state index < -0.39 is 23.1 Å². The monoisotopic (exact) mass is 575 g/mol. The van der Waals surface area contributed by atoms with Crippen molar-refractivity contribution in [3.8, 4) is 28.7 Å². The van der Waals surface area contributed by atoms with Gasteiger partial charge in [-0.3, -0.25) is 9.69 Å². The molecule has 0 bridgehead atoms. The highest BCUT2D eigenvalue weighted by Gasteiger charge is 2.41. The summed E-state index contributed by atoms with van der Waals surface area (Å²) in [4.78, 5) is 15.2. The van der Waals surface area contributed by atoms with Gasteiger partial charge in [0.2, 0.25) is 18.0 Å². The van der Waals surface area contributed by atoms with Crippen molar-refractivity contribution in [3.63, 3.8) is 0 Å². The van der Waals surface area contributed by atoms with Gasteiger partial charge in [-0.2, -0.15) is 13.2 Å². The number of para-hydroxylation sites is 1. The van der Waals surface area contributed by atoms with E-state index in [1.165, 1.54) is 12.1 Å². The van der Waals surface area contributed by atoms with E-state index in [9.17, 15) is 18.0 Å². The number of alkyl halides is 3. The van der Waals surface area contributed by atoms with Crippen LogP contribution in [0.5, 0.6) is 28.7 Å². The Balaban J connectivity index is 1.40. The summed E-state index contributed by atoms with van der Waals surface area (Å²) in [5, 5.41) is -0.0395. The zero-order chi connectivity index (χ0) is 25.7. The highest BCUT2D eigenvalue weighted by Crippen LogP contribution is 2.42. The zero-order valence-corrected chi connectivity index (χ0v) is 20.5. The number of nitrogens with zero attached hydrogens (tertiary/aromatic N) is 1. The molecule has 2 aliphatic rings. The van der Waals surface area contributed by atoms with Crippen LogP contribution in [0.3, 0.4) is 0 Å². The van der Waals surface area contributed by atoms with Gasteiger partial charge in [-0.15, -0.1) is 0 Å². The third-order valence-electron chi connectivity index (χ3n) is 6.01. The maximum Gasteiger partial charge on any atom is 0.453 e. The lowest BCUT2D eigenvalue weighted by Gasteiger charge is -2.29. The average molecular weight is 576 g/mol. The first kappa shape index (κ1) is 23.7. The summed E-state index contributed by atoms with van der Waals surface area (Å²) in [5.41, 5.74) is 0.127. The van der Waals surface area contributed by atoms with E-state index in [1.54, 1.807) is 30.3 Å². The smallest absolute Gasteiger partial charge is 0.453 e. The van der Waals surface area contributed by atoms with Gasteiger partial charge in [-0.1, -0.05) is 18.2 Å². The van der Waals surface area contributed by atoms with Gasteiger partial charge in [0.25, 0.3) is 5.76 Å². The predicted molar refractivity (Wildman–Crippen MR) is 129 cm³/mol. The summed E-state index contributed by atoms with van der Waals surface area (Å²) in [5.74, 6) is -0.763. The van der Waals surface area contributed by atoms with Crippen molar-refractivity contribution in [2.45, 2.75) is 19.3 Å². The molecule has 0 radical (unpaired) electrons. The third-order valence-corrected chi connectivity index (χ3v) is 6.67. The Bertz CT molecular complexity index is 1590. The van der Waals surface area contributed by atoms with E-state index in [0.717, 1.165) is 5.56 Å². The van der Waals surface area contributed by atoms with Gasteiger partial charge in [0, 0.05) is 13.1 Å². The van der Waals surface area contributed by atoms with Crippen LogP contribution < -0.4 is 24.4 Å². The second-order valence-electron chi connectivity index (χ2n) is 8.49. The molecule has 1 aromatic heterocycles. The van der Waals surface area contributed by atoms with Gasteiger partial charge in [-0.05, 0) is 57.9 Å². The number of rotatable bonds is 4. The molecule has 0 fully saturated rings. The van der Waals surface area contributed by atoms with Crippen LogP contribution in [0.1, 0.15) is 16.9 Å². The number of ether oxygens (including phenoxy) is 4. The highest BCUT2D eigenvalue weighted by molar-refractivity contribution is 9.10. The van der Waals surface area contributed by atoms with E-state index in [2.05, 4.69) is 15.9 Å². The van der Waals surface area contributed by atoms with Gasteiger partial charge >= 0.3 is 6.18 Å². The van der Waals surface area contributed by atoms with Crippen LogP contribution >= 0.6 is 15.9 Å². The van der Waals surface area contributed by atoms with E-state index >= 15 is 0 Å². The van der Waals surface area contributed by atoms with Crippen LogP contribution in [-0.4, -0.2) is 18.4 Å². The quantitative estimate of drug-likeness (QED) is 0.277. The molecule has 4 aromatic rings. The first-order chi connectivity index (χ1) is 17.8. The molecule has 0 spiro atoms. The lowest BCUT2D eigenvalue weighted by atomic mass is 10.1. The van der Waals surface area contributed by atoms with Gasteiger partial charge in [-0.25, -0.2) is 0 Å². The summed E-state index contributed by atoms with van der Waals surface area (Å²) in [7, 11) is 0.